The Morgan fingerprint density at radius 1 is 1.13 bits per heavy atom. The van der Waals surface area contributed by atoms with E-state index >= 15 is 0 Å². The number of aliphatic hydroxyl groups excluding tert-OH is 3. The van der Waals surface area contributed by atoms with E-state index in [2.05, 4.69) is 13.8 Å². The normalized spacial score (nSPS) is 55.8. The van der Waals surface area contributed by atoms with E-state index in [0.717, 1.165) is 12.8 Å². The summed E-state index contributed by atoms with van der Waals surface area (Å²) in [5.41, 5.74) is -2.73. The standard InChI is InChI=1S/C23H34O7/c1-11(24)5-6-12-13-9-14(25)15-21-8-4-7-20(2,3)16(21)19(28)23(29,30-10-21)22(15,17(12)26)18(13)27/h12-16,18-19,25,27-29H,4-10H2,1-3H3. The van der Waals surface area contributed by atoms with Gasteiger partial charge in [0.05, 0.1) is 18.8 Å². The highest BCUT2D eigenvalue weighted by molar-refractivity contribution is 5.93. The van der Waals surface area contributed by atoms with E-state index in [1.54, 1.807) is 0 Å². The number of rotatable bonds is 3. The smallest absolute Gasteiger partial charge is 0.208 e. The van der Waals surface area contributed by atoms with E-state index in [4.69, 9.17) is 4.74 Å². The van der Waals surface area contributed by atoms with E-state index in [-0.39, 0.29) is 48.8 Å². The number of carbonyl (C=O) groups is 2. The Morgan fingerprint density at radius 2 is 1.83 bits per heavy atom. The van der Waals surface area contributed by atoms with Crippen LogP contribution in [0, 0.1) is 39.9 Å². The predicted molar refractivity (Wildman–Crippen MR) is 105 cm³/mol. The Hall–Kier alpha value is -0.860. The van der Waals surface area contributed by atoms with Crippen LogP contribution in [0.4, 0.5) is 0 Å². The van der Waals surface area contributed by atoms with Crippen molar-refractivity contribution >= 4 is 11.6 Å². The minimum atomic E-state index is -2.24. The fourth-order valence-corrected chi connectivity index (χ4v) is 8.93. The highest BCUT2D eigenvalue weighted by Crippen LogP contribution is 2.76. The quantitative estimate of drug-likeness (QED) is 0.530. The first-order valence-electron chi connectivity index (χ1n) is 11.4. The van der Waals surface area contributed by atoms with Gasteiger partial charge in [-0.25, -0.2) is 0 Å². The maximum atomic E-state index is 14.0. The van der Waals surface area contributed by atoms with Crippen LogP contribution in [0.2, 0.25) is 0 Å². The van der Waals surface area contributed by atoms with Crippen molar-refractivity contribution in [2.45, 2.75) is 83.4 Å². The fraction of sp³-hybridized carbons (Fsp3) is 0.913. The van der Waals surface area contributed by atoms with Crippen molar-refractivity contribution in [3.8, 4) is 0 Å². The van der Waals surface area contributed by atoms with Gasteiger partial charge in [0.15, 0.2) is 5.78 Å². The van der Waals surface area contributed by atoms with Gasteiger partial charge < -0.3 is 30.0 Å². The molecule has 7 nitrogen and oxygen atoms in total. The molecule has 0 aromatic rings. The Bertz CT molecular complexity index is 794. The molecule has 2 aliphatic heterocycles. The highest BCUT2D eigenvalue weighted by Gasteiger charge is 2.87. The van der Waals surface area contributed by atoms with Gasteiger partial charge in [-0.3, -0.25) is 4.79 Å². The van der Waals surface area contributed by atoms with Crippen LogP contribution >= 0.6 is 0 Å². The molecule has 4 saturated carbocycles. The van der Waals surface area contributed by atoms with Gasteiger partial charge >= 0.3 is 0 Å². The van der Waals surface area contributed by atoms with E-state index in [1.807, 2.05) is 0 Å². The van der Waals surface area contributed by atoms with E-state index in [9.17, 15) is 30.0 Å². The van der Waals surface area contributed by atoms with Crippen LogP contribution in [-0.2, 0) is 14.3 Å². The zero-order valence-corrected chi connectivity index (χ0v) is 18.0. The van der Waals surface area contributed by atoms with Gasteiger partial charge in [-0.2, -0.15) is 0 Å². The second-order valence-corrected chi connectivity index (χ2v) is 11.5. The topological polar surface area (TPSA) is 124 Å². The van der Waals surface area contributed by atoms with Gasteiger partial charge in [0, 0.05) is 29.6 Å². The molecule has 6 aliphatic rings. The van der Waals surface area contributed by atoms with E-state index < -0.39 is 52.7 Å². The largest absolute Gasteiger partial charge is 0.393 e. The monoisotopic (exact) mass is 422 g/mol. The summed E-state index contributed by atoms with van der Waals surface area (Å²) in [6.45, 7) is 5.77. The highest BCUT2D eigenvalue weighted by atomic mass is 16.6. The van der Waals surface area contributed by atoms with Crippen LogP contribution in [0.3, 0.4) is 0 Å². The van der Waals surface area contributed by atoms with Crippen molar-refractivity contribution < 1.29 is 34.8 Å². The van der Waals surface area contributed by atoms with Gasteiger partial charge in [0.2, 0.25) is 5.79 Å². The molecule has 6 fully saturated rings. The molecule has 4 aliphatic carbocycles. The van der Waals surface area contributed by atoms with Crippen LogP contribution < -0.4 is 0 Å². The summed E-state index contributed by atoms with van der Waals surface area (Å²) in [5.74, 6) is -4.80. The Balaban J connectivity index is 1.70. The third-order valence-electron chi connectivity index (χ3n) is 9.74. The van der Waals surface area contributed by atoms with Crippen LogP contribution in [0.15, 0.2) is 0 Å². The number of Topliss-reactive ketones (excluding diaryl/α,β-unsaturated/α-hetero) is 2. The molecule has 7 heteroatoms. The van der Waals surface area contributed by atoms with Crippen molar-refractivity contribution in [3.05, 3.63) is 0 Å². The number of ketones is 2. The zero-order valence-electron chi connectivity index (χ0n) is 18.0. The first kappa shape index (κ1) is 21.0. The lowest BCUT2D eigenvalue weighted by molar-refractivity contribution is -0.456. The van der Waals surface area contributed by atoms with Crippen molar-refractivity contribution in [3.63, 3.8) is 0 Å². The summed E-state index contributed by atoms with van der Waals surface area (Å²) < 4.78 is 5.93. The maximum absolute atomic E-state index is 14.0. The van der Waals surface area contributed by atoms with Crippen molar-refractivity contribution in [2.24, 2.45) is 39.9 Å². The van der Waals surface area contributed by atoms with E-state index in [0.29, 0.717) is 6.42 Å². The number of ether oxygens (including phenoxy) is 1. The second kappa shape index (κ2) is 6.13. The summed E-state index contributed by atoms with van der Waals surface area (Å²) in [6.07, 6.45) is -0.217. The molecule has 0 aromatic heterocycles. The Morgan fingerprint density at radius 3 is 2.50 bits per heavy atom. The average Bonchev–Trinajstić information content (AvgIpc) is 2.77. The number of hydrogen-bond donors (Lipinski definition) is 4. The molecule has 6 rings (SSSR count). The van der Waals surface area contributed by atoms with Crippen LogP contribution in [-0.4, -0.2) is 62.7 Å². The fourth-order valence-electron chi connectivity index (χ4n) is 8.93. The minimum Gasteiger partial charge on any atom is -0.393 e. The van der Waals surface area contributed by atoms with Gasteiger partial charge in [-0.05, 0) is 43.9 Å². The van der Waals surface area contributed by atoms with Crippen molar-refractivity contribution in [2.75, 3.05) is 6.61 Å². The number of aliphatic hydroxyl groups is 4. The van der Waals surface area contributed by atoms with Crippen LogP contribution in [0.5, 0.6) is 0 Å². The second-order valence-electron chi connectivity index (χ2n) is 11.5. The van der Waals surface area contributed by atoms with Crippen molar-refractivity contribution in [1.29, 1.82) is 0 Å². The summed E-state index contributed by atoms with van der Waals surface area (Å²) >= 11 is 0. The van der Waals surface area contributed by atoms with Crippen molar-refractivity contribution in [1.82, 2.24) is 0 Å². The molecule has 0 aromatic carbocycles. The molecule has 2 saturated heterocycles. The molecule has 0 amide bonds. The number of fused-ring (bicyclic) bond motifs is 2. The van der Waals surface area contributed by atoms with Crippen LogP contribution in [0.25, 0.3) is 0 Å². The molecule has 10 unspecified atom stereocenters. The van der Waals surface area contributed by atoms with Gasteiger partial charge in [0.25, 0.3) is 0 Å². The Kier molecular flexibility index (Phi) is 4.29. The predicted octanol–water partition coefficient (Wildman–Crippen LogP) is 0.805. The lowest BCUT2D eigenvalue weighted by atomic mass is 9.36. The summed E-state index contributed by atoms with van der Waals surface area (Å²) in [5, 5.41) is 46.2. The SMILES string of the molecule is CC(=O)CCC1C(=O)C23C(O)C1CC(O)C2C12CCCC(C)(C)C1C(O)C3(O)OC2. The molecule has 168 valence electrons. The maximum Gasteiger partial charge on any atom is 0.208 e. The average molecular weight is 423 g/mol. The zero-order chi connectivity index (χ0) is 21.9. The summed E-state index contributed by atoms with van der Waals surface area (Å²) in [7, 11) is 0. The molecule has 4 N–H and O–H groups in total. The van der Waals surface area contributed by atoms with Gasteiger partial charge in [-0.15, -0.1) is 0 Å². The third-order valence-corrected chi connectivity index (χ3v) is 9.74. The summed E-state index contributed by atoms with van der Waals surface area (Å²) in [6, 6.07) is 0. The molecular weight excluding hydrogens is 388 g/mol. The first-order valence-corrected chi connectivity index (χ1v) is 11.4. The minimum absolute atomic E-state index is 0.0406. The molecule has 30 heavy (non-hydrogen) atoms. The van der Waals surface area contributed by atoms with Crippen LogP contribution in [0.1, 0.15) is 59.3 Å². The third kappa shape index (κ3) is 2.09. The molecule has 2 spiro atoms. The summed E-state index contributed by atoms with van der Waals surface area (Å²) in [4.78, 5) is 25.5. The molecule has 2 heterocycles. The molecule has 10 atom stereocenters. The molecule has 4 bridgehead atoms. The number of hydrogen-bond acceptors (Lipinski definition) is 7. The van der Waals surface area contributed by atoms with Gasteiger partial charge in [0.1, 0.15) is 17.3 Å². The number of carbonyl (C=O) groups excluding carboxylic acids is 2. The lowest BCUT2D eigenvalue weighted by Gasteiger charge is -2.74. The Labute approximate surface area is 176 Å². The molecule has 0 radical (unpaired) electrons. The first-order chi connectivity index (χ1) is 13.9. The van der Waals surface area contributed by atoms with E-state index in [1.165, 1.54) is 6.92 Å². The van der Waals surface area contributed by atoms with Gasteiger partial charge in [-0.1, -0.05) is 20.3 Å². The lowest BCUT2D eigenvalue weighted by Crippen LogP contribution is -2.85. The molecular formula is C23H34O7.